The first-order chi connectivity index (χ1) is 17.4. The third-order valence-electron chi connectivity index (χ3n) is 7.57. The third-order valence-corrected chi connectivity index (χ3v) is 8.97. The molecule has 1 fully saturated rings. The zero-order valence-electron chi connectivity index (χ0n) is 21.1. The van der Waals surface area contributed by atoms with E-state index in [9.17, 15) is 13.5 Å². The Hall–Kier alpha value is -2.63. The smallest absolute Gasteiger partial charge is 0.345 e. The molecule has 2 heterocycles. The van der Waals surface area contributed by atoms with Gasteiger partial charge >= 0.3 is 10.2 Å². The van der Waals surface area contributed by atoms with E-state index in [0.29, 0.717) is 31.7 Å². The SMILES string of the molecule is COCCn1cc(N(C2CCN(C)CC2)S(=O)(=O)/N=C(\[O-])Nc2c3c(cc4c2CCC4)CCC3)cn1. The second kappa shape index (κ2) is 10.4. The van der Waals surface area contributed by atoms with Crippen molar-refractivity contribution < 1.29 is 18.3 Å². The van der Waals surface area contributed by atoms with Gasteiger partial charge in [-0.25, -0.2) is 4.31 Å². The van der Waals surface area contributed by atoms with E-state index in [4.69, 9.17) is 4.74 Å². The molecule has 0 amide bonds. The van der Waals surface area contributed by atoms with Gasteiger partial charge in [0.25, 0.3) is 0 Å². The summed E-state index contributed by atoms with van der Waals surface area (Å²) in [6.45, 7) is 2.49. The summed E-state index contributed by atoms with van der Waals surface area (Å²) < 4.78 is 39.1. The molecule has 3 aliphatic rings. The number of hydrogen-bond donors (Lipinski definition) is 1. The van der Waals surface area contributed by atoms with Crippen molar-refractivity contribution >= 4 is 27.6 Å². The van der Waals surface area contributed by atoms with Crippen LogP contribution in [0.3, 0.4) is 0 Å². The highest BCUT2D eigenvalue weighted by Gasteiger charge is 2.33. The molecule has 2 aromatic rings. The van der Waals surface area contributed by atoms with Gasteiger partial charge in [0.2, 0.25) is 0 Å². The number of nitrogens with zero attached hydrogens (tertiary/aromatic N) is 5. The fourth-order valence-corrected chi connectivity index (χ4v) is 7.07. The fraction of sp³-hybridized carbons (Fsp3) is 0.600. The number of likely N-dealkylation sites (tertiary alicyclic amines) is 1. The van der Waals surface area contributed by atoms with Gasteiger partial charge in [-0.3, -0.25) is 4.68 Å². The summed E-state index contributed by atoms with van der Waals surface area (Å²) >= 11 is 0. The van der Waals surface area contributed by atoms with Gasteiger partial charge in [-0.1, -0.05) is 6.07 Å². The quantitative estimate of drug-likeness (QED) is 0.418. The van der Waals surface area contributed by atoms with Crippen molar-refractivity contribution in [3.05, 3.63) is 40.7 Å². The number of rotatable bonds is 8. The maximum absolute atomic E-state index is 13.6. The Morgan fingerprint density at radius 3 is 2.50 bits per heavy atom. The summed E-state index contributed by atoms with van der Waals surface area (Å²) in [5.41, 5.74) is 6.03. The van der Waals surface area contributed by atoms with Gasteiger partial charge in [-0.15, -0.1) is 4.40 Å². The van der Waals surface area contributed by atoms with Crippen LogP contribution in [0.25, 0.3) is 0 Å². The Morgan fingerprint density at radius 2 is 1.86 bits per heavy atom. The number of nitrogens with one attached hydrogen (secondary N) is 1. The first-order valence-electron chi connectivity index (χ1n) is 12.8. The van der Waals surface area contributed by atoms with Gasteiger partial charge < -0.3 is 20.1 Å². The summed E-state index contributed by atoms with van der Waals surface area (Å²) in [5.74, 6) is 0. The standard InChI is InChI=1S/C25H36N6O4S/c1-29-11-9-20(10-12-29)31(21-16-26-30(17-21)13-14-35-2)36(33,34)28-25(32)27-24-22-7-3-5-18(22)15-19-6-4-8-23(19)24/h15-17,20H,3-14H2,1-2H3,(H2,27,28,32)/p-1. The van der Waals surface area contributed by atoms with E-state index in [1.54, 1.807) is 18.0 Å². The Morgan fingerprint density at radius 1 is 1.19 bits per heavy atom. The fourth-order valence-electron chi connectivity index (χ4n) is 5.78. The van der Waals surface area contributed by atoms with Crippen molar-refractivity contribution in [2.24, 2.45) is 4.40 Å². The zero-order valence-corrected chi connectivity index (χ0v) is 21.9. The first-order valence-corrected chi connectivity index (χ1v) is 14.2. The average Bonchev–Trinajstić information content (AvgIpc) is 3.59. The van der Waals surface area contributed by atoms with Crippen LogP contribution in [0.2, 0.25) is 0 Å². The second-order valence-electron chi connectivity index (χ2n) is 10.0. The summed E-state index contributed by atoms with van der Waals surface area (Å²) in [7, 11) is -0.678. The van der Waals surface area contributed by atoms with E-state index in [1.165, 1.54) is 21.6 Å². The van der Waals surface area contributed by atoms with Crippen LogP contribution in [-0.2, 0) is 47.2 Å². The molecule has 1 aromatic carbocycles. The van der Waals surface area contributed by atoms with Crippen molar-refractivity contribution in [3.63, 3.8) is 0 Å². The number of piperidine rings is 1. The predicted octanol–water partition coefficient (Wildman–Crippen LogP) is 1.48. The highest BCUT2D eigenvalue weighted by molar-refractivity contribution is 7.91. The lowest BCUT2D eigenvalue weighted by atomic mass is 9.99. The van der Waals surface area contributed by atoms with Crippen LogP contribution in [0.4, 0.5) is 11.4 Å². The van der Waals surface area contributed by atoms with Crippen LogP contribution in [0.5, 0.6) is 0 Å². The lowest BCUT2D eigenvalue weighted by Crippen LogP contribution is -2.47. The van der Waals surface area contributed by atoms with E-state index in [-0.39, 0.29) is 6.04 Å². The van der Waals surface area contributed by atoms with Gasteiger partial charge in [0.05, 0.1) is 31.1 Å². The van der Waals surface area contributed by atoms with Crippen LogP contribution in [0.1, 0.15) is 47.9 Å². The number of methoxy groups -OCH3 is 1. The molecule has 36 heavy (non-hydrogen) atoms. The van der Waals surface area contributed by atoms with Crippen molar-refractivity contribution in [1.82, 2.24) is 14.7 Å². The Balaban J connectivity index is 1.45. The van der Waals surface area contributed by atoms with Crippen LogP contribution < -0.4 is 14.7 Å². The molecule has 0 unspecified atom stereocenters. The molecule has 0 spiro atoms. The van der Waals surface area contributed by atoms with E-state index in [1.807, 2.05) is 7.05 Å². The Bertz CT molecular complexity index is 1200. The normalized spacial score (nSPS) is 18.9. The van der Waals surface area contributed by atoms with Crippen molar-refractivity contribution in [2.75, 3.05) is 43.5 Å². The largest absolute Gasteiger partial charge is 0.845 e. The van der Waals surface area contributed by atoms with Gasteiger partial charge in [-0.2, -0.15) is 13.5 Å². The molecule has 0 saturated carbocycles. The van der Waals surface area contributed by atoms with Crippen molar-refractivity contribution in [1.29, 1.82) is 0 Å². The average molecular weight is 516 g/mol. The van der Waals surface area contributed by atoms with Crippen molar-refractivity contribution in [2.45, 2.75) is 64.0 Å². The van der Waals surface area contributed by atoms with E-state index >= 15 is 0 Å². The topological polar surface area (TPSA) is 115 Å². The van der Waals surface area contributed by atoms with Crippen molar-refractivity contribution in [3.8, 4) is 0 Å². The number of hydrogen-bond acceptors (Lipinski definition) is 6. The van der Waals surface area contributed by atoms with Crippen LogP contribution >= 0.6 is 0 Å². The summed E-state index contributed by atoms with van der Waals surface area (Å²) in [6.07, 6.45) is 10.4. The molecule has 11 heteroatoms. The minimum atomic E-state index is -4.30. The molecule has 1 saturated heterocycles. The number of benzene rings is 1. The summed E-state index contributed by atoms with van der Waals surface area (Å²) in [4.78, 5) is 2.17. The predicted molar refractivity (Wildman–Crippen MR) is 138 cm³/mol. The van der Waals surface area contributed by atoms with Gasteiger partial charge in [0.15, 0.2) is 0 Å². The number of aryl methyl sites for hydroxylation is 2. The number of aromatic nitrogens is 2. The maximum atomic E-state index is 13.6. The molecule has 1 aromatic heterocycles. The molecule has 1 aliphatic heterocycles. The highest BCUT2D eigenvalue weighted by Crippen LogP contribution is 2.38. The minimum absolute atomic E-state index is 0.298. The van der Waals surface area contributed by atoms with Crippen LogP contribution in [0.15, 0.2) is 22.9 Å². The van der Waals surface area contributed by atoms with E-state index in [2.05, 4.69) is 25.8 Å². The second-order valence-corrected chi connectivity index (χ2v) is 11.5. The van der Waals surface area contributed by atoms with Gasteiger partial charge in [0.1, 0.15) is 0 Å². The molecule has 5 rings (SSSR count). The number of fused-ring (bicyclic) bond motifs is 2. The maximum Gasteiger partial charge on any atom is 0.345 e. The van der Waals surface area contributed by atoms with Gasteiger partial charge in [0, 0.05) is 25.0 Å². The minimum Gasteiger partial charge on any atom is -0.845 e. The molecule has 196 valence electrons. The van der Waals surface area contributed by atoms with E-state index < -0.39 is 16.2 Å². The number of amidine groups is 1. The van der Waals surface area contributed by atoms with Crippen LogP contribution in [-0.4, -0.2) is 69.0 Å². The lowest BCUT2D eigenvalue weighted by molar-refractivity contribution is -0.213. The molecule has 1 N–H and O–H groups in total. The Kier molecular flexibility index (Phi) is 7.23. The molecule has 0 bridgehead atoms. The molecular formula is C25H35N6O4S-. The lowest BCUT2D eigenvalue weighted by Gasteiger charge is -2.36. The molecule has 2 aliphatic carbocycles. The van der Waals surface area contributed by atoms with E-state index in [0.717, 1.165) is 68.4 Å². The zero-order chi connectivity index (χ0) is 25.3. The number of anilines is 2. The number of ether oxygens (including phenoxy) is 1. The summed E-state index contributed by atoms with van der Waals surface area (Å²) in [6, 6.07) is 1.14. The highest BCUT2D eigenvalue weighted by atomic mass is 32.2. The summed E-state index contributed by atoms with van der Waals surface area (Å²) in [5, 5.41) is 20.3. The Labute approximate surface area is 213 Å². The molecule has 0 atom stereocenters. The molecule has 0 radical (unpaired) electrons. The monoisotopic (exact) mass is 515 g/mol. The van der Waals surface area contributed by atoms with Crippen LogP contribution in [0, 0.1) is 0 Å². The van der Waals surface area contributed by atoms with Gasteiger partial charge in [-0.05, 0) is 93.8 Å². The molecule has 10 nitrogen and oxygen atoms in total. The first kappa shape index (κ1) is 25.0. The third kappa shape index (κ3) is 5.09. The molecular weight excluding hydrogens is 480 g/mol.